The molecule has 1 rings (SSSR count). The van der Waals surface area contributed by atoms with E-state index in [9.17, 15) is 4.79 Å². The fraction of sp³-hybridized carbons (Fsp3) is 0.500. The van der Waals surface area contributed by atoms with Gasteiger partial charge in [0.05, 0.1) is 19.5 Å². The normalized spacial score (nSPS) is 11.3. The van der Waals surface area contributed by atoms with Crippen LogP contribution in [-0.4, -0.2) is 28.0 Å². The highest BCUT2D eigenvalue weighted by Crippen LogP contribution is 2.18. The zero-order valence-electron chi connectivity index (χ0n) is 7.81. The lowest BCUT2D eigenvalue weighted by Crippen LogP contribution is -2.37. The van der Waals surface area contributed by atoms with E-state index >= 15 is 0 Å². The highest BCUT2D eigenvalue weighted by atomic mass is 16.5. The van der Waals surface area contributed by atoms with Gasteiger partial charge in [0.1, 0.15) is 0 Å². The van der Waals surface area contributed by atoms with Crippen LogP contribution in [0.2, 0.25) is 0 Å². The average molecular weight is 184 g/mol. The highest BCUT2D eigenvalue weighted by molar-refractivity contribution is 5.77. The van der Waals surface area contributed by atoms with Gasteiger partial charge in [-0.2, -0.15) is 5.10 Å². The maximum atomic E-state index is 11.3. The van der Waals surface area contributed by atoms with Gasteiger partial charge in [0, 0.05) is 0 Å². The number of aromatic nitrogens is 2. The second-order valence-electron chi connectivity index (χ2n) is 3.19. The van der Waals surface area contributed by atoms with Crippen LogP contribution in [0.1, 0.15) is 13.8 Å². The molecule has 0 saturated carbocycles. The molecule has 0 bridgehead atoms. The number of ether oxygens (including phenoxy) is 1. The van der Waals surface area contributed by atoms with Crippen LogP contribution in [0.4, 0.5) is 0 Å². The lowest BCUT2D eigenvalue weighted by molar-refractivity contribution is -0.150. The molecule has 0 radical (unpaired) electrons. The number of rotatable bonds is 2. The van der Waals surface area contributed by atoms with Gasteiger partial charge in [0.25, 0.3) is 0 Å². The number of carbonyl (C=O) groups is 1. The SMILES string of the molecule is COC(=O)C(C)(C)n1cc(O)cn1. The van der Waals surface area contributed by atoms with E-state index in [2.05, 4.69) is 9.84 Å². The van der Waals surface area contributed by atoms with E-state index < -0.39 is 11.5 Å². The molecule has 1 heterocycles. The Balaban J connectivity index is 2.99. The fourth-order valence-corrected chi connectivity index (χ4v) is 0.962. The topological polar surface area (TPSA) is 64.3 Å². The average Bonchev–Trinajstić information content (AvgIpc) is 2.50. The van der Waals surface area contributed by atoms with Crippen molar-refractivity contribution in [3.63, 3.8) is 0 Å². The smallest absolute Gasteiger partial charge is 0.333 e. The zero-order chi connectivity index (χ0) is 10.1. The molecule has 0 unspecified atom stereocenters. The van der Waals surface area contributed by atoms with Gasteiger partial charge < -0.3 is 9.84 Å². The Hall–Kier alpha value is -1.52. The lowest BCUT2D eigenvalue weighted by atomic mass is 10.1. The number of nitrogens with zero attached hydrogens (tertiary/aromatic N) is 2. The molecule has 1 aromatic heterocycles. The number of esters is 1. The van der Waals surface area contributed by atoms with Gasteiger partial charge in [-0.1, -0.05) is 0 Å². The van der Waals surface area contributed by atoms with Gasteiger partial charge in [-0.3, -0.25) is 4.68 Å². The van der Waals surface area contributed by atoms with Crippen LogP contribution in [0.25, 0.3) is 0 Å². The Kier molecular flexibility index (Phi) is 2.27. The molecule has 0 amide bonds. The summed E-state index contributed by atoms with van der Waals surface area (Å²) in [5.74, 6) is -0.382. The molecule has 5 heteroatoms. The van der Waals surface area contributed by atoms with Crippen LogP contribution in [0.5, 0.6) is 5.75 Å². The summed E-state index contributed by atoms with van der Waals surface area (Å²) in [4.78, 5) is 11.3. The fourth-order valence-electron chi connectivity index (χ4n) is 0.962. The first-order valence-corrected chi connectivity index (χ1v) is 3.81. The van der Waals surface area contributed by atoms with E-state index in [0.717, 1.165) is 0 Å². The van der Waals surface area contributed by atoms with Gasteiger partial charge in [-0.15, -0.1) is 0 Å². The van der Waals surface area contributed by atoms with Crippen molar-refractivity contribution < 1.29 is 14.6 Å². The minimum Gasteiger partial charge on any atom is -0.505 e. The number of hydrogen-bond acceptors (Lipinski definition) is 4. The van der Waals surface area contributed by atoms with Crippen LogP contribution in [-0.2, 0) is 15.1 Å². The summed E-state index contributed by atoms with van der Waals surface area (Å²) in [7, 11) is 1.31. The minimum absolute atomic E-state index is 0.0250. The minimum atomic E-state index is -0.893. The van der Waals surface area contributed by atoms with Gasteiger partial charge in [-0.25, -0.2) is 4.79 Å². The van der Waals surface area contributed by atoms with Gasteiger partial charge >= 0.3 is 5.97 Å². The molecule has 0 aliphatic rings. The zero-order valence-corrected chi connectivity index (χ0v) is 7.81. The summed E-state index contributed by atoms with van der Waals surface area (Å²) in [6.07, 6.45) is 2.64. The Morgan fingerprint density at radius 2 is 2.31 bits per heavy atom. The van der Waals surface area contributed by atoms with E-state index in [0.29, 0.717) is 0 Å². The van der Waals surface area contributed by atoms with E-state index in [1.165, 1.54) is 24.2 Å². The Morgan fingerprint density at radius 3 is 2.69 bits per heavy atom. The first-order chi connectivity index (χ1) is 5.98. The van der Waals surface area contributed by atoms with Crippen molar-refractivity contribution in [2.24, 2.45) is 0 Å². The van der Waals surface area contributed by atoms with Crippen molar-refractivity contribution in [1.82, 2.24) is 9.78 Å². The monoisotopic (exact) mass is 184 g/mol. The molecule has 1 aromatic rings. The quantitative estimate of drug-likeness (QED) is 0.679. The molecule has 0 aliphatic carbocycles. The molecule has 0 saturated heterocycles. The maximum Gasteiger partial charge on any atom is 0.333 e. The highest BCUT2D eigenvalue weighted by Gasteiger charge is 2.31. The molecule has 13 heavy (non-hydrogen) atoms. The van der Waals surface area contributed by atoms with Crippen molar-refractivity contribution >= 4 is 5.97 Å². The second kappa shape index (κ2) is 3.08. The lowest BCUT2D eigenvalue weighted by Gasteiger charge is -2.21. The molecule has 0 aliphatic heterocycles. The second-order valence-corrected chi connectivity index (χ2v) is 3.19. The molecule has 0 fully saturated rings. The number of hydrogen-bond donors (Lipinski definition) is 1. The van der Waals surface area contributed by atoms with E-state index in [1.807, 2.05) is 0 Å². The molecular weight excluding hydrogens is 172 g/mol. The van der Waals surface area contributed by atoms with Crippen LogP contribution in [0, 0.1) is 0 Å². The molecular formula is C8H12N2O3. The third-order valence-electron chi connectivity index (χ3n) is 1.83. The number of aromatic hydroxyl groups is 1. The van der Waals surface area contributed by atoms with Gasteiger partial charge in [0.2, 0.25) is 0 Å². The van der Waals surface area contributed by atoms with Crippen molar-refractivity contribution in [2.75, 3.05) is 7.11 Å². The van der Waals surface area contributed by atoms with Crippen molar-refractivity contribution in [1.29, 1.82) is 0 Å². The van der Waals surface area contributed by atoms with E-state index in [1.54, 1.807) is 13.8 Å². The molecule has 72 valence electrons. The van der Waals surface area contributed by atoms with Crippen LogP contribution in [0.15, 0.2) is 12.4 Å². The first-order valence-electron chi connectivity index (χ1n) is 3.81. The van der Waals surface area contributed by atoms with Crippen LogP contribution in [0.3, 0.4) is 0 Å². The molecule has 5 nitrogen and oxygen atoms in total. The summed E-state index contributed by atoms with van der Waals surface area (Å²) < 4.78 is 5.95. The number of carbonyl (C=O) groups excluding carboxylic acids is 1. The Bertz CT molecular complexity index is 317. The van der Waals surface area contributed by atoms with Crippen LogP contribution >= 0.6 is 0 Å². The summed E-state index contributed by atoms with van der Waals surface area (Å²) in [6, 6.07) is 0. The van der Waals surface area contributed by atoms with E-state index in [4.69, 9.17) is 5.11 Å². The third kappa shape index (κ3) is 1.63. The molecule has 0 spiro atoms. The summed E-state index contributed by atoms with van der Waals surface area (Å²) in [6.45, 7) is 3.32. The molecule has 0 atom stereocenters. The van der Waals surface area contributed by atoms with Crippen molar-refractivity contribution in [3.8, 4) is 5.75 Å². The summed E-state index contributed by atoms with van der Waals surface area (Å²) in [5.41, 5.74) is -0.893. The Morgan fingerprint density at radius 1 is 1.69 bits per heavy atom. The van der Waals surface area contributed by atoms with E-state index in [-0.39, 0.29) is 5.75 Å². The standard InChI is InChI=1S/C8H12N2O3/c1-8(2,7(12)13-3)10-5-6(11)4-9-10/h4-5,11H,1-3H3. The van der Waals surface area contributed by atoms with Gasteiger partial charge in [0.15, 0.2) is 11.3 Å². The van der Waals surface area contributed by atoms with Crippen molar-refractivity contribution in [3.05, 3.63) is 12.4 Å². The first kappa shape index (κ1) is 9.57. The number of methoxy groups -OCH3 is 1. The van der Waals surface area contributed by atoms with Crippen LogP contribution < -0.4 is 0 Å². The third-order valence-corrected chi connectivity index (χ3v) is 1.83. The maximum absolute atomic E-state index is 11.3. The summed E-state index contributed by atoms with van der Waals surface area (Å²) >= 11 is 0. The van der Waals surface area contributed by atoms with Crippen molar-refractivity contribution in [2.45, 2.75) is 19.4 Å². The predicted molar refractivity (Wildman–Crippen MR) is 45.2 cm³/mol. The summed E-state index contributed by atoms with van der Waals surface area (Å²) in [5, 5.41) is 12.9. The molecule has 0 aromatic carbocycles. The predicted octanol–water partition coefficient (Wildman–Crippen LogP) is 0.497. The largest absolute Gasteiger partial charge is 0.505 e. The molecule has 1 N–H and O–H groups in total. The van der Waals surface area contributed by atoms with Gasteiger partial charge in [-0.05, 0) is 13.8 Å². The Labute approximate surface area is 75.9 Å².